The number of ether oxygens (including phenoxy) is 2. The van der Waals surface area contributed by atoms with Crippen LogP contribution in [0.15, 0.2) is 6.07 Å². The number of aliphatic hydroxyl groups excluding tert-OH is 1. The molecule has 136 valence electrons. The second-order valence-corrected chi connectivity index (χ2v) is 7.23. The van der Waals surface area contributed by atoms with Crippen LogP contribution in [0.5, 0.6) is 0 Å². The predicted octanol–water partition coefficient (Wildman–Crippen LogP) is 1.52. The molecule has 2 fully saturated rings. The summed E-state index contributed by atoms with van der Waals surface area (Å²) in [5, 5.41) is 14.9. The Morgan fingerprint density at radius 1 is 1.38 bits per heavy atom. The Morgan fingerprint density at radius 2 is 2.25 bits per heavy atom. The van der Waals surface area contributed by atoms with Crippen molar-refractivity contribution >= 4 is 0 Å². The quantitative estimate of drug-likeness (QED) is 0.779. The van der Waals surface area contributed by atoms with E-state index in [0.29, 0.717) is 25.8 Å². The van der Waals surface area contributed by atoms with E-state index in [2.05, 4.69) is 27.7 Å². The van der Waals surface area contributed by atoms with Gasteiger partial charge in [-0.05, 0) is 52.1 Å². The van der Waals surface area contributed by atoms with Gasteiger partial charge in [0.1, 0.15) is 0 Å². The van der Waals surface area contributed by atoms with Crippen LogP contribution in [0, 0.1) is 13.8 Å². The first kappa shape index (κ1) is 17.9. The predicted molar refractivity (Wildman–Crippen MR) is 92.1 cm³/mol. The lowest BCUT2D eigenvalue weighted by atomic mass is 10.2. The van der Waals surface area contributed by atoms with E-state index in [4.69, 9.17) is 9.47 Å². The van der Waals surface area contributed by atoms with Crippen LogP contribution >= 0.6 is 0 Å². The van der Waals surface area contributed by atoms with Crippen LogP contribution < -0.4 is 0 Å². The Kier molecular flexibility index (Phi) is 6.27. The first-order valence-corrected chi connectivity index (χ1v) is 9.24. The zero-order chi connectivity index (χ0) is 16.9. The molecule has 2 aliphatic rings. The van der Waals surface area contributed by atoms with Crippen molar-refractivity contribution in [2.45, 2.75) is 64.3 Å². The van der Waals surface area contributed by atoms with E-state index < -0.39 is 6.10 Å². The number of aromatic nitrogens is 2. The largest absolute Gasteiger partial charge is 0.389 e. The lowest BCUT2D eigenvalue weighted by Gasteiger charge is -2.27. The SMILES string of the molecule is Cc1cc(C)n(CC2CCCN2CC(O)COCC2CCCO2)n1. The van der Waals surface area contributed by atoms with Crippen molar-refractivity contribution in [2.24, 2.45) is 0 Å². The van der Waals surface area contributed by atoms with Gasteiger partial charge in [-0.15, -0.1) is 0 Å². The molecule has 0 bridgehead atoms. The third-order valence-electron chi connectivity index (χ3n) is 5.07. The maximum atomic E-state index is 10.3. The van der Waals surface area contributed by atoms with Crippen molar-refractivity contribution in [3.05, 3.63) is 17.5 Å². The molecule has 0 amide bonds. The third-order valence-corrected chi connectivity index (χ3v) is 5.07. The van der Waals surface area contributed by atoms with Crippen molar-refractivity contribution in [3.8, 4) is 0 Å². The lowest BCUT2D eigenvalue weighted by molar-refractivity contribution is -0.0266. The van der Waals surface area contributed by atoms with E-state index in [1.807, 2.05) is 6.92 Å². The molecule has 0 saturated carbocycles. The second kappa shape index (κ2) is 8.43. The molecule has 0 spiro atoms. The van der Waals surface area contributed by atoms with Gasteiger partial charge in [0.2, 0.25) is 0 Å². The molecule has 3 atom stereocenters. The fourth-order valence-electron chi connectivity index (χ4n) is 3.84. The van der Waals surface area contributed by atoms with Gasteiger partial charge in [-0.3, -0.25) is 9.58 Å². The molecule has 1 aromatic rings. The Bertz CT molecular complexity index is 514. The molecule has 24 heavy (non-hydrogen) atoms. The number of hydrogen-bond acceptors (Lipinski definition) is 5. The minimum absolute atomic E-state index is 0.225. The number of likely N-dealkylation sites (tertiary alicyclic amines) is 1. The molecular formula is C18H31N3O3. The van der Waals surface area contributed by atoms with Gasteiger partial charge >= 0.3 is 0 Å². The standard InChI is InChI=1S/C18H31N3O3/c1-14-9-15(2)21(19-14)10-16-5-3-7-20(16)11-17(22)12-23-13-18-6-4-8-24-18/h9,16-18,22H,3-8,10-13H2,1-2H3. The van der Waals surface area contributed by atoms with Crippen molar-refractivity contribution in [2.75, 3.05) is 32.9 Å². The smallest absolute Gasteiger partial charge is 0.0900 e. The minimum atomic E-state index is -0.438. The summed E-state index contributed by atoms with van der Waals surface area (Å²) in [6.07, 6.45) is 4.34. The van der Waals surface area contributed by atoms with Gasteiger partial charge in [-0.25, -0.2) is 0 Å². The van der Waals surface area contributed by atoms with E-state index in [1.54, 1.807) is 0 Å². The molecule has 3 heterocycles. The first-order valence-electron chi connectivity index (χ1n) is 9.24. The molecule has 2 saturated heterocycles. The van der Waals surface area contributed by atoms with E-state index in [1.165, 1.54) is 18.5 Å². The summed E-state index contributed by atoms with van der Waals surface area (Å²) in [5.41, 5.74) is 2.28. The summed E-state index contributed by atoms with van der Waals surface area (Å²) < 4.78 is 13.3. The van der Waals surface area contributed by atoms with Gasteiger partial charge in [0.25, 0.3) is 0 Å². The monoisotopic (exact) mass is 337 g/mol. The van der Waals surface area contributed by atoms with Crippen molar-refractivity contribution < 1.29 is 14.6 Å². The molecule has 1 N–H and O–H groups in total. The maximum Gasteiger partial charge on any atom is 0.0900 e. The molecule has 3 rings (SSSR count). The Hall–Kier alpha value is -0.950. The highest BCUT2D eigenvalue weighted by atomic mass is 16.5. The Labute approximate surface area is 144 Å². The zero-order valence-corrected chi connectivity index (χ0v) is 15.0. The van der Waals surface area contributed by atoms with E-state index in [9.17, 15) is 5.11 Å². The van der Waals surface area contributed by atoms with Crippen LogP contribution in [0.3, 0.4) is 0 Å². The molecule has 0 aromatic carbocycles. The topological polar surface area (TPSA) is 59.8 Å². The van der Waals surface area contributed by atoms with E-state index >= 15 is 0 Å². The van der Waals surface area contributed by atoms with E-state index in [-0.39, 0.29) is 6.10 Å². The highest BCUT2D eigenvalue weighted by Crippen LogP contribution is 2.20. The van der Waals surface area contributed by atoms with Gasteiger partial charge in [0.05, 0.1) is 37.7 Å². The van der Waals surface area contributed by atoms with Crippen LogP contribution in [0.1, 0.15) is 37.1 Å². The number of rotatable bonds is 8. The molecule has 0 aliphatic carbocycles. The average molecular weight is 337 g/mol. The zero-order valence-electron chi connectivity index (χ0n) is 15.0. The highest BCUT2D eigenvalue weighted by molar-refractivity contribution is 5.07. The van der Waals surface area contributed by atoms with Crippen LogP contribution in [-0.2, 0) is 16.0 Å². The normalized spacial score (nSPS) is 26.3. The van der Waals surface area contributed by atoms with Gasteiger partial charge in [0.15, 0.2) is 0 Å². The average Bonchev–Trinajstić information content (AvgIpc) is 3.24. The van der Waals surface area contributed by atoms with Crippen molar-refractivity contribution in [3.63, 3.8) is 0 Å². The summed E-state index contributed by atoms with van der Waals surface area (Å²) in [5.74, 6) is 0. The number of hydrogen-bond donors (Lipinski definition) is 1. The Morgan fingerprint density at radius 3 is 2.96 bits per heavy atom. The summed E-state index contributed by atoms with van der Waals surface area (Å²) >= 11 is 0. The van der Waals surface area contributed by atoms with Gasteiger partial charge < -0.3 is 14.6 Å². The fourth-order valence-corrected chi connectivity index (χ4v) is 3.84. The van der Waals surface area contributed by atoms with Crippen molar-refractivity contribution in [1.82, 2.24) is 14.7 Å². The van der Waals surface area contributed by atoms with E-state index in [0.717, 1.165) is 38.2 Å². The third kappa shape index (κ3) is 4.79. The van der Waals surface area contributed by atoms with Gasteiger partial charge in [0, 0.05) is 24.9 Å². The molecular weight excluding hydrogens is 306 g/mol. The molecule has 3 unspecified atom stereocenters. The summed E-state index contributed by atoms with van der Waals surface area (Å²) in [7, 11) is 0. The lowest BCUT2D eigenvalue weighted by Crippen LogP contribution is -2.40. The maximum absolute atomic E-state index is 10.3. The highest BCUT2D eigenvalue weighted by Gasteiger charge is 2.27. The number of aliphatic hydroxyl groups is 1. The number of β-amino-alcohol motifs (C(OH)–C–C–N with tert-alkyl or cyclic N) is 1. The molecule has 1 aromatic heterocycles. The molecule has 2 aliphatic heterocycles. The van der Waals surface area contributed by atoms with Crippen LogP contribution in [-0.4, -0.2) is 70.9 Å². The minimum Gasteiger partial charge on any atom is -0.389 e. The Balaban J connectivity index is 1.42. The molecule has 0 radical (unpaired) electrons. The van der Waals surface area contributed by atoms with Gasteiger partial charge in [-0.2, -0.15) is 5.10 Å². The molecule has 6 nitrogen and oxygen atoms in total. The summed E-state index contributed by atoms with van der Waals surface area (Å²) in [4.78, 5) is 2.39. The molecule has 6 heteroatoms. The second-order valence-electron chi connectivity index (χ2n) is 7.23. The fraction of sp³-hybridized carbons (Fsp3) is 0.833. The first-order chi connectivity index (χ1) is 11.6. The summed E-state index contributed by atoms with van der Waals surface area (Å²) in [6, 6.07) is 2.57. The number of aryl methyl sites for hydroxylation is 2. The van der Waals surface area contributed by atoms with Crippen LogP contribution in [0.25, 0.3) is 0 Å². The van der Waals surface area contributed by atoms with Crippen LogP contribution in [0.2, 0.25) is 0 Å². The van der Waals surface area contributed by atoms with Gasteiger partial charge in [-0.1, -0.05) is 0 Å². The van der Waals surface area contributed by atoms with Crippen LogP contribution in [0.4, 0.5) is 0 Å². The summed E-state index contributed by atoms with van der Waals surface area (Å²) in [6.45, 7) is 8.61. The van der Waals surface area contributed by atoms with Crippen molar-refractivity contribution in [1.29, 1.82) is 0 Å². The number of nitrogens with zero attached hydrogens (tertiary/aromatic N) is 3.